The smallest absolute Gasteiger partial charge is 0.328 e. The summed E-state index contributed by atoms with van der Waals surface area (Å²) in [6.07, 6.45) is 0.603. The Morgan fingerprint density at radius 2 is 1.63 bits per heavy atom. The van der Waals surface area contributed by atoms with Gasteiger partial charge in [-0.1, -0.05) is 30.3 Å². The molecule has 1 atom stereocenters. The Bertz CT molecular complexity index is 403. The van der Waals surface area contributed by atoms with Crippen molar-refractivity contribution in [1.29, 1.82) is 0 Å². The lowest BCUT2D eigenvalue weighted by Crippen LogP contribution is -2.27. The molecule has 0 aliphatic heterocycles. The zero-order chi connectivity index (χ0) is 14.7. The number of nitrogens with one attached hydrogen (secondary N) is 1. The Morgan fingerprint density at radius 3 is 2.00 bits per heavy atom. The predicted molar refractivity (Wildman–Crippen MR) is 68.0 cm³/mol. The van der Waals surface area contributed by atoms with Gasteiger partial charge in [0.1, 0.15) is 0 Å². The Labute approximate surface area is 110 Å². The second-order valence-corrected chi connectivity index (χ2v) is 3.34. The van der Waals surface area contributed by atoms with E-state index in [9.17, 15) is 14.7 Å². The van der Waals surface area contributed by atoms with Gasteiger partial charge in [0.25, 0.3) is 0 Å². The van der Waals surface area contributed by atoms with E-state index in [2.05, 4.69) is 5.43 Å². The molecule has 0 radical (unpaired) electrons. The Hall–Kier alpha value is -2.22. The third-order valence-corrected chi connectivity index (χ3v) is 1.86. The van der Waals surface area contributed by atoms with E-state index in [4.69, 9.17) is 16.1 Å². The summed E-state index contributed by atoms with van der Waals surface area (Å²) in [5.74, 6) is 2.54. The summed E-state index contributed by atoms with van der Waals surface area (Å²) in [5, 5.41) is 25.0. The van der Waals surface area contributed by atoms with Crippen molar-refractivity contribution in [2.75, 3.05) is 6.54 Å². The summed E-state index contributed by atoms with van der Waals surface area (Å²) in [5.41, 5.74) is 3.30. The molecule has 0 spiro atoms. The molecule has 0 saturated carbocycles. The molecule has 1 rings (SSSR count). The highest BCUT2D eigenvalue weighted by Crippen LogP contribution is 2.09. The molecule has 0 aliphatic carbocycles. The van der Waals surface area contributed by atoms with Crippen molar-refractivity contribution in [2.24, 2.45) is 5.84 Å². The van der Waals surface area contributed by atoms with E-state index in [0.29, 0.717) is 18.7 Å². The van der Waals surface area contributed by atoms with Gasteiger partial charge in [0, 0.05) is 18.7 Å². The molecule has 0 heterocycles. The predicted octanol–water partition coefficient (Wildman–Crippen LogP) is -0.105. The van der Waals surface area contributed by atoms with Crippen LogP contribution in [-0.2, 0) is 9.59 Å². The normalized spacial score (nSPS) is 11.5. The molecule has 0 saturated heterocycles. The molecule has 0 fully saturated rings. The van der Waals surface area contributed by atoms with Gasteiger partial charge in [-0.2, -0.15) is 0 Å². The first-order valence-electron chi connectivity index (χ1n) is 5.27. The van der Waals surface area contributed by atoms with Crippen LogP contribution in [0.15, 0.2) is 42.5 Å². The maximum Gasteiger partial charge on any atom is 0.328 e. The summed E-state index contributed by atoms with van der Waals surface area (Å²) in [7, 11) is 0. The van der Waals surface area contributed by atoms with Gasteiger partial charge in [-0.05, 0) is 5.56 Å². The Morgan fingerprint density at radius 1 is 1.16 bits per heavy atom. The van der Waals surface area contributed by atoms with Crippen LogP contribution in [0, 0.1) is 0 Å². The van der Waals surface area contributed by atoms with Gasteiger partial charge >= 0.3 is 11.9 Å². The van der Waals surface area contributed by atoms with Gasteiger partial charge < -0.3 is 15.3 Å². The third kappa shape index (κ3) is 9.48. The van der Waals surface area contributed by atoms with Gasteiger partial charge in [0.15, 0.2) is 0 Å². The topological polar surface area (TPSA) is 133 Å². The van der Waals surface area contributed by atoms with Crippen LogP contribution >= 0.6 is 0 Å². The molecule has 0 unspecified atom stereocenters. The minimum absolute atomic E-state index is 0.379. The Kier molecular flexibility index (Phi) is 8.63. The zero-order valence-electron chi connectivity index (χ0n) is 10.1. The number of aliphatic hydroxyl groups is 1. The highest BCUT2D eigenvalue weighted by atomic mass is 16.4. The van der Waals surface area contributed by atoms with Gasteiger partial charge in [-0.3, -0.25) is 11.3 Å². The van der Waals surface area contributed by atoms with E-state index in [1.165, 1.54) is 0 Å². The molecule has 0 aliphatic rings. The highest BCUT2D eigenvalue weighted by Gasteiger charge is 2.03. The summed E-state index contributed by atoms with van der Waals surface area (Å²) in [6.45, 7) is 0.379. The molecule has 1 aromatic rings. The van der Waals surface area contributed by atoms with E-state index in [1.54, 1.807) is 0 Å². The number of carbonyl (C=O) groups is 2. The number of rotatable bonds is 5. The largest absolute Gasteiger partial charge is 0.478 e. The van der Waals surface area contributed by atoms with Crippen molar-refractivity contribution in [1.82, 2.24) is 5.43 Å². The second-order valence-electron chi connectivity index (χ2n) is 3.34. The van der Waals surface area contributed by atoms with E-state index >= 15 is 0 Å². The fourth-order valence-corrected chi connectivity index (χ4v) is 1.05. The third-order valence-electron chi connectivity index (χ3n) is 1.86. The minimum atomic E-state index is -1.26. The molecule has 7 nitrogen and oxygen atoms in total. The maximum atomic E-state index is 9.55. The maximum absolute atomic E-state index is 9.55. The van der Waals surface area contributed by atoms with Gasteiger partial charge in [-0.15, -0.1) is 0 Å². The molecular weight excluding hydrogens is 252 g/mol. The lowest BCUT2D eigenvalue weighted by molar-refractivity contribution is -0.134. The molecule has 19 heavy (non-hydrogen) atoms. The van der Waals surface area contributed by atoms with Crippen LogP contribution < -0.4 is 11.3 Å². The number of hydrazine groups is 1. The SMILES string of the molecule is NNC[C@H](O)c1ccccc1.O=C(O)/C=C\C(=O)O. The van der Waals surface area contributed by atoms with Crippen LogP contribution in [0.3, 0.4) is 0 Å². The first kappa shape index (κ1) is 16.8. The molecule has 6 N–H and O–H groups in total. The van der Waals surface area contributed by atoms with E-state index < -0.39 is 18.0 Å². The van der Waals surface area contributed by atoms with Crippen molar-refractivity contribution in [2.45, 2.75) is 6.10 Å². The summed E-state index contributed by atoms with van der Waals surface area (Å²) in [4.78, 5) is 19.1. The number of hydrogen-bond donors (Lipinski definition) is 5. The summed E-state index contributed by atoms with van der Waals surface area (Å²) in [6, 6.07) is 9.40. The standard InChI is InChI=1S/C8H12N2O.C4H4O4/c9-10-6-8(11)7-4-2-1-3-5-7;5-3(6)1-2-4(7)8/h1-5,8,10-11H,6,9H2;1-2H,(H,5,6)(H,7,8)/b;2-1-/t8-;/m0./s1. The number of hydrogen-bond acceptors (Lipinski definition) is 5. The van der Waals surface area contributed by atoms with Crippen molar-refractivity contribution >= 4 is 11.9 Å². The quantitative estimate of drug-likeness (QED) is 0.286. The van der Waals surface area contributed by atoms with Gasteiger partial charge in [0.05, 0.1) is 6.10 Å². The Balaban J connectivity index is 0.000000362. The van der Waals surface area contributed by atoms with Gasteiger partial charge in [0.2, 0.25) is 0 Å². The van der Waals surface area contributed by atoms with Crippen LogP contribution in [0.5, 0.6) is 0 Å². The fourth-order valence-electron chi connectivity index (χ4n) is 1.05. The number of carboxylic acids is 2. The number of aliphatic hydroxyl groups excluding tert-OH is 1. The number of nitrogens with two attached hydrogens (primary N) is 1. The second kappa shape index (κ2) is 9.77. The first-order valence-corrected chi connectivity index (χ1v) is 5.27. The van der Waals surface area contributed by atoms with Crippen LogP contribution in [0.2, 0.25) is 0 Å². The van der Waals surface area contributed by atoms with Crippen molar-refractivity contribution in [3.05, 3.63) is 48.0 Å². The number of carboxylic acid groups (broad SMARTS) is 2. The number of benzene rings is 1. The monoisotopic (exact) mass is 268 g/mol. The lowest BCUT2D eigenvalue weighted by atomic mass is 10.1. The molecule has 0 aromatic heterocycles. The van der Waals surface area contributed by atoms with Crippen LogP contribution in [0.4, 0.5) is 0 Å². The molecular formula is C12H16N2O5. The van der Waals surface area contributed by atoms with Crippen LogP contribution in [0.1, 0.15) is 11.7 Å². The van der Waals surface area contributed by atoms with E-state index in [0.717, 1.165) is 5.56 Å². The van der Waals surface area contributed by atoms with Crippen molar-refractivity contribution in [3.8, 4) is 0 Å². The van der Waals surface area contributed by atoms with Crippen molar-refractivity contribution in [3.63, 3.8) is 0 Å². The summed E-state index contributed by atoms with van der Waals surface area (Å²) >= 11 is 0. The van der Waals surface area contributed by atoms with Gasteiger partial charge in [-0.25, -0.2) is 9.59 Å². The van der Waals surface area contributed by atoms with E-state index in [-0.39, 0.29) is 0 Å². The molecule has 7 heteroatoms. The van der Waals surface area contributed by atoms with Crippen LogP contribution in [-0.4, -0.2) is 33.8 Å². The molecule has 0 bridgehead atoms. The lowest BCUT2D eigenvalue weighted by Gasteiger charge is -2.08. The zero-order valence-corrected chi connectivity index (χ0v) is 10.1. The highest BCUT2D eigenvalue weighted by molar-refractivity contribution is 5.89. The average Bonchev–Trinajstić information content (AvgIpc) is 2.38. The number of aliphatic carboxylic acids is 2. The summed E-state index contributed by atoms with van der Waals surface area (Å²) < 4.78 is 0. The van der Waals surface area contributed by atoms with Crippen LogP contribution in [0.25, 0.3) is 0 Å². The molecule has 1 aromatic carbocycles. The van der Waals surface area contributed by atoms with E-state index in [1.807, 2.05) is 30.3 Å². The minimum Gasteiger partial charge on any atom is -0.478 e. The fraction of sp³-hybridized carbons (Fsp3) is 0.167. The molecule has 104 valence electrons. The van der Waals surface area contributed by atoms with Crippen molar-refractivity contribution < 1.29 is 24.9 Å². The molecule has 0 amide bonds. The average molecular weight is 268 g/mol. The first-order chi connectivity index (χ1) is 8.97.